The Hall–Kier alpha value is -2.35. The Labute approximate surface area is 139 Å². The third-order valence-corrected chi connectivity index (χ3v) is 4.36. The molecule has 0 radical (unpaired) electrons. The molecule has 2 aliphatic heterocycles. The summed E-state index contributed by atoms with van der Waals surface area (Å²) < 4.78 is 19.5. The molecule has 2 fully saturated rings. The highest BCUT2D eigenvalue weighted by atomic mass is 19.1. The molecule has 0 aromatic heterocycles. The van der Waals surface area contributed by atoms with Gasteiger partial charge in [-0.1, -0.05) is 0 Å². The maximum atomic E-state index is 14.5. The maximum absolute atomic E-state index is 14.5. The minimum Gasteiger partial charge on any atom is -0.441 e. The van der Waals surface area contributed by atoms with Crippen LogP contribution in [0.4, 0.5) is 20.6 Å². The van der Waals surface area contributed by atoms with Crippen molar-refractivity contribution in [1.29, 1.82) is 0 Å². The Morgan fingerprint density at radius 1 is 1.33 bits per heavy atom. The van der Waals surface area contributed by atoms with Crippen LogP contribution in [0.2, 0.25) is 0 Å². The zero-order chi connectivity index (χ0) is 17.3. The molecule has 3 rings (SSSR count). The van der Waals surface area contributed by atoms with Crippen molar-refractivity contribution >= 4 is 23.4 Å². The number of aliphatic hydroxyl groups is 1. The summed E-state index contributed by atoms with van der Waals surface area (Å²) in [5, 5.41) is 9.06. The van der Waals surface area contributed by atoms with Gasteiger partial charge in [0, 0.05) is 19.6 Å². The average Bonchev–Trinajstić information content (AvgIpc) is 2.95. The third kappa shape index (κ3) is 3.01. The van der Waals surface area contributed by atoms with E-state index in [4.69, 9.17) is 9.84 Å². The first-order valence-electron chi connectivity index (χ1n) is 7.94. The van der Waals surface area contributed by atoms with E-state index in [0.29, 0.717) is 31.0 Å². The van der Waals surface area contributed by atoms with Gasteiger partial charge in [0.15, 0.2) is 0 Å². The van der Waals surface area contributed by atoms with Crippen LogP contribution in [0.5, 0.6) is 0 Å². The van der Waals surface area contributed by atoms with E-state index in [0.717, 1.165) is 0 Å². The number of piperazine rings is 1. The number of carbonyl (C=O) groups excluding carboxylic acids is 2. The first-order valence-corrected chi connectivity index (χ1v) is 7.94. The number of benzene rings is 1. The highest BCUT2D eigenvalue weighted by molar-refractivity contribution is 5.90. The molecule has 1 aromatic carbocycles. The molecular formula is C16H20FN3O4. The van der Waals surface area contributed by atoms with E-state index < -0.39 is 18.0 Å². The summed E-state index contributed by atoms with van der Waals surface area (Å²) in [6, 6.07) is 4.45. The van der Waals surface area contributed by atoms with Gasteiger partial charge in [-0.15, -0.1) is 0 Å². The molecule has 2 heterocycles. The number of halogens is 1. The predicted octanol–water partition coefficient (Wildman–Crippen LogP) is 0.812. The fraction of sp³-hybridized carbons (Fsp3) is 0.500. The molecule has 0 saturated carbocycles. The van der Waals surface area contributed by atoms with Gasteiger partial charge in [0.05, 0.1) is 31.1 Å². The van der Waals surface area contributed by atoms with Crippen molar-refractivity contribution in [1.82, 2.24) is 4.90 Å². The van der Waals surface area contributed by atoms with Crippen LogP contribution < -0.4 is 9.80 Å². The summed E-state index contributed by atoms with van der Waals surface area (Å²) in [5.41, 5.74) is 0.713. The van der Waals surface area contributed by atoms with Gasteiger partial charge in [0.2, 0.25) is 5.91 Å². The number of aliphatic hydroxyl groups excluding tert-OH is 1. The average molecular weight is 337 g/mol. The molecule has 1 atom stereocenters. The minimum absolute atomic E-state index is 0.0267. The highest BCUT2D eigenvalue weighted by Crippen LogP contribution is 2.28. The number of anilines is 2. The first kappa shape index (κ1) is 16.5. The van der Waals surface area contributed by atoms with Gasteiger partial charge in [-0.3, -0.25) is 9.69 Å². The number of cyclic esters (lactones) is 1. The second-order valence-corrected chi connectivity index (χ2v) is 5.83. The lowest BCUT2D eigenvalue weighted by Crippen LogP contribution is -2.50. The molecule has 0 unspecified atom stereocenters. The van der Waals surface area contributed by atoms with Gasteiger partial charge in [-0.25, -0.2) is 9.18 Å². The Morgan fingerprint density at radius 3 is 2.71 bits per heavy atom. The zero-order valence-electron chi connectivity index (χ0n) is 13.4. The van der Waals surface area contributed by atoms with E-state index in [1.54, 1.807) is 21.9 Å². The molecule has 1 aromatic rings. The van der Waals surface area contributed by atoms with Gasteiger partial charge >= 0.3 is 6.09 Å². The Kier molecular flexibility index (Phi) is 4.57. The van der Waals surface area contributed by atoms with Gasteiger partial charge in [-0.05, 0) is 25.1 Å². The monoisotopic (exact) mass is 337 g/mol. The molecule has 0 bridgehead atoms. The Bertz CT molecular complexity index is 654. The van der Waals surface area contributed by atoms with Crippen LogP contribution in [0.25, 0.3) is 0 Å². The van der Waals surface area contributed by atoms with Crippen molar-refractivity contribution in [2.75, 3.05) is 49.1 Å². The number of carbonyl (C=O) groups is 2. The van der Waals surface area contributed by atoms with Crippen LogP contribution in [0, 0.1) is 5.82 Å². The number of nitrogens with zero attached hydrogens (tertiary/aromatic N) is 3. The molecule has 0 spiro atoms. The maximum Gasteiger partial charge on any atom is 0.414 e. The van der Waals surface area contributed by atoms with Crippen LogP contribution in [-0.2, 0) is 9.53 Å². The summed E-state index contributed by atoms with van der Waals surface area (Å²) in [4.78, 5) is 28.5. The molecule has 2 saturated heterocycles. The molecule has 2 amide bonds. The van der Waals surface area contributed by atoms with Gasteiger partial charge in [0.1, 0.15) is 11.9 Å². The number of amides is 2. The summed E-state index contributed by atoms with van der Waals surface area (Å²) >= 11 is 0. The fourth-order valence-corrected chi connectivity index (χ4v) is 3.00. The Morgan fingerprint density at radius 2 is 2.12 bits per heavy atom. The van der Waals surface area contributed by atoms with Crippen molar-refractivity contribution < 1.29 is 23.8 Å². The van der Waals surface area contributed by atoms with Crippen LogP contribution in [0.1, 0.15) is 6.92 Å². The first-order chi connectivity index (χ1) is 11.5. The van der Waals surface area contributed by atoms with E-state index in [1.165, 1.54) is 11.0 Å². The quantitative estimate of drug-likeness (QED) is 0.880. The van der Waals surface area contributed by atoms with Gasteiger partial charge in [-0.2, -0.15) is 0 Å². The molecule has 8 heteroatoms. The number of ether oxygens (including phenoxy) is 1. The van der Waals surface area contributed by atoms with E-state index in [9.17, 15) is 14.0 Å². The molecule has 130 valence electrons. The van der Waals surface area contributed by atoms with Crippen LogP contribution in [0.15, 0.2) is 18.2 Å². The van der Waals surface area contributed by atoms with Gasteiger partial charge in [0.25, 0.3) is 0 Å². The number of likely N-dealkylation sites (N-methyl/N-ethyl adjacent to an activating group) is 1. The number of hydrogen-bond acceptors (Lipinski definition) is 5. The molecule has 0 aliphatic carbocycles. The SMILES string of the molecule is CCN1CCN(c2ccc(N3C[C@H](CO)OC3=O)cc2F)CC1=O. The normalized spacial score (nSPS) is 21.5. The third-order valence-electron chi connectivity index (χ3n) is 4.36. The lowest BCUT2D eigenvalue weighted by molar-refractivity contribution is -0.130. The van der Waals surface area contributed by atoms with E-state index >= 15 is 0 Å². The lowest BCUT2D eigenvalue weighted by Gasteiger charge is -2.35. The molecular weight excluding hydrogens is 317 g/mol. The molecule has 7 nitrogen and oxygen atoms in total. The smallest absolute Gasteiger partial charge is 0.414 e. The number of rotatable bonds is 4. The summed E-state index contributed by atoms with van der Waals surface area (Å²) in [5.74, 6) is -0.522. The van der Waals surface area contributed by atoms with Crippen molar-refractivity contribution in [2.45, 2.75) is 13.0 Å². The second-order valence-electron chi connectivity index (χ2n) is 5.83. The van der Waals surface area contributed by atoms with Crippen molar-refractivity contribution in [3.8, 4) is 0 Å². The predicted molar refractivity (Wildman–Crippen MR) is 85.6 cm³/mol. The Balaban J connectivity index is 1.76. The fourth-order valence-electron chi connectivity index (χ4n) is 3.00. The van der Waals surface area contributed by atoms with E-state index in [1.807, 2.05) is 6.92 Å². The second kappa shape index (κ2) is 6.64. The van der Waals surface area contributed by atoms with Gasteiger partial charge < -0.3 is 19.6 Å². The topological polar surface area (TPSA) is 73.3 Å². The summed E-state index contributed by atoms with van der Waals surface area (Å²) in [6.07, 6.45) is -1.20. The van der Waals surface area contributed by atoms with Crippen molar-refractivity contribution in [3.63, 3.8) is 0 Å². The summed E-state index contributed by atoms with van der Waals surface area (Å²) in [6.45, 7) is 3.74. The lowest BCUT2D eigenvalue weighted by atomic mass is 10.2. The minimum atomic E-state index is -0.604. The van der Waals surface area contributed by atoms with Crippen LogP contribution >= 0.6 is 0 Å². The molecule has 1 N–H and O–H groups in total. The van der Waals surface area contributed by atoms with Crippen molar-refractivity contribution in [2.24, 2.45) is 0 Å². The van der Waals surface area contributed by atoms with E-state index in [-0.39, 0.29) is 25.6 Å². The molecule has 24 heavy (non-hydrogen) atoms. The zero-order valence-corrected chi connectivity index (χ0v) is 13.4. The standard InChI is InChI=1S/C16H20FN3O4/c1-2-18-5-6-19(9-15(18)22)14-4-3-11(7-13(14)17)20-8-12(10-21)24-16(20)23/h3-4,7,12,21H,2,5-6,8-10H2,1H3/t12-/m1/s1. The van der Waals surface area contributed by atoms with Crippen molar-refractivity contribution in [3.05, 3.63) is 24.0 Å². The van der Waals surface area contributed by atoms with E-state index in [2.05, 4.69) is 0 Å². The number of hydrogen-bond donors (Lipinski definition) is 1. The molecule has 2 aliphatic rings. The van der Waals surface area contributed by atoms with Crippen LogP contribution in [0.3, 0.4) is 0 Å². The van der Waals surface area contributed by atoms with Crippen LogP contribution in [-0.4, -0.2) is 67.4 Å². The largest absolute Gasteiger partial charge is 0.441 e. The summed E-state index contributed by atoms with van der Waals surface area (Å²) in [7, 11) is 0. The highest BCUT2D eigenvalue weighted by Gasteiger charge is 2.32.